The lowest BCUT2D eigenvalue weighted by atomic mass is 10.2. The summed E-state index contributed by atoms with van der Waals surface area (Å²) in [4.78, 5) is 36.0. The Balaban J connectivity index is 0.000000154. The first-order chi connectivity index (χ1) is 23.9. The Morgan fingerprint density at radius 1 is 0.673 bits per heavy atom. The number of anilines is 2. The van der Waals surface area contributed by atoms with Gasteiger partial charge in [0.2, 0.25) is 0 Å². The molecule has 0 fully saturated rings. The first-order valence-electron chi connectivity index (χ1n) is 15.6. The average Bonchev–Trinajstić information content (AvgIpc) is 3.93. The summed E-state index contributed by atoms with van der Waals surface area (Å²) < 4.78 is 3.86. The minimum absolute atomic E-state index is 0.714. The van der Waals surface area contributed by atoms with E-state index in [1.807, 2.05) is 84.7 Å². The predicted octanol–water partition coefficient (Wildman–Crippen LogP) is 8.02. The van der Waals surface area contributed by atoms with E-state index in [-0.39, 0.29) is 0 Å². The number of rotatable bonds is 9. The van der Waals surface area contributed by atoms with E-state index in [9.17, 15) is 0 Å². The zero-order valence-electron chi connectivity index (χ0n) is 26.7. The number of hydrogen-bond acceptors (Lipinski definition) is 8. The van der Waals surface area contributed by atoms with Crippen molar-refractivity contribution in [1.29, 1.82) is 0 Å². The summed E-state index contributed by atoms with van der Waals surface area (Å²) in [5, 5.41) is 6.78. The molecule has 0 aliphatic carbocycles. The van der Waals surface area contributed by atoms with Crippen molar-refractivity contribution in [2.24, 2.45) is 7.05 Å². The third kappa shape index (κ3) is 7.71. The van der Waals surface area contributed by atoms with Crippen molar-refractivity contribution in [3.8, 4) is 22.8 Å². The maximum atomic E-state index is 4.54. The van der Waals surface area contributed by atoms with Crippen molar-refractivity contribution in [1.82, 2.24) is 49.4 Å². The third-order valence-electron chi connectivity index (χ3n) is 7.81. The van der Waals surface area contributed by atoms with E-state index in [4.69, 9.17) is 0 Å². The molecule has 8 rings (SSSR count). The molecule has 6 heterocycles. The molecule has 5 N–H and O–H groups in total. The summed E-state index contributed by atoms with van der Waals surface area (Å²) in [6.07, 6.45) is 9.95. The minimum atomic E-state index is 0.714. The highest BCUT2D eigenvalue weighted by molar-refractivity contribution is 9.10. The van der Waals surface area contributed by atoms with Crippen LogP contribution in [-0.2, 0) is 26.6 Å². The highest BCUT2D eigenvalue weighted by atomic mass is 79.9. The molecule has 12 nitrogen and oxygen atoms in total. The molecule has 0 bridgehead atoms. The van der Waals surface area contributed by atoms with E-state index in [0.717, 1.165) is 90.9 Å². The number of halogens is 2. The van der Waals surface area contributed by atoms with Gasteiger partial charge in [-0.3, -0.25) is 0 Å². The Hall–Kier alpha value is -5.34. The Kier molecular flexibility index (Phi) is 9.48. The van der Waals surface area contributed by atoms with Gasteiger partial charge in [-0.25, -0.2) is 29.9 Å². The van der Waals surface area contributed by atoms with Crippen LogP contribution in [0.5, 0.6) is 0 Å². The van der Waals surface area contributed by atoms with Gasteiger partial charge >= 0.3 is 0 Å². The average molecular weight is 781 g/mol. The number of nitrogens with zero attached hydrogens (tertiary/aromatic N) is 7. The second-order valence-corrected chi connectivity index (χ2v) is 13.1. The second kappa shape index (κ2) is 14.4. The number of aromatic nitrogens is 10. The van der Waals surface area contributed by atoms with Gasteiger partial charge < -0.3 is 30.2 Å². The first-order valence-corrected chi connectivity index (χ1v) is 17.2. The molecule has 0 aliphatic heterocycles. The van der Waals surface area contributed by atoms with Crippen molar-refractivity contribution in [2.75, 3.05) is 10.6 Å². The molecule has 14 heteroatoms. The molecular formula is C35H32Br2N12. The van der Waals surface area contributed by atoms with Gasteiger partial charge in [-0.2, -0.15) is 0 Å². The van der Waals surface area contributed by atoms with Crippen LogP contribution in [0, 0.1) is 0 Å². The minimum Gasteiger partial charge on any atom is -0.379 e. The lowest BCUT2D eigenvalue weighted by Gasteiger charge is -2.07. The number of benzene rings is 2. The summed E-state index contributed by atoms with van der Waals surface area (Å²) in [6.45, 7) is 3.54. The number of aromatic amines is 3. The lowest BCUT2D eigenvalue weighted by molar-refractivity contribution is 0.837. The molecule has 0 unspecified atom stereocenters. The Bertz CT molecular complexity index is 2320. The quantitative estimate of drug-likeness (QED) is 0.0988. The van der Waals surface area contributed by atoms with Gasteiger partial charge in [0.05, 0.1) is 48.0 Å². The van der Waals surface area contributed by atoms with Crippen LogP contribution in [0.1, 0.15) is 24.1 Å². The fourth-order valence-corrected chi connectivity index (χ4v) is 5.80. The van der Waals surface area contributed by atoms with Crippen LogP contribution >= 0.6 is 31.9 Å². The zero-order chi connectivity index (χ0) is 33.7. The van der Waals surface area contributed by atoms with Crippen LogP contribution < -0.4 is 10.6 Å². The normalized spacial score (nSPS) is 11.1. The van der Waals surface area contributed by atoms with E-state index in [2.05, 4.69) is 94.3 Å². The number of nitrogens with one attached hydrogen (secondary N) is 5. The number of imidazole rings is 4. The van der Waals surface area contributed by atoms with Gasteiger partial charge in [-0.1, -0.05) is 6.92 Å². The van der Waals surface area contributed by atoms with E-state index >= 15 is 0 Å². The molecule has 0 aliphatic rings. The second-order valence-electron chi connectivity index (χ2n) is 11.3. The molecule has 0 saturated heterocycles. The zero-order valence-corrected chi connectivity index (χ0v) is 29.8. The molecule has 2 aromatic carbocycles. The summed E-state index contributed by atoms with van der Waals surface area (Å²) in [5.74, 6) is 2.64. The maximum Gasteiger partial charge on any atom is 0.178 e. The van der Waals surface area contributed by atoms with Gasteiger partial charge in [0.1, 0.15) is 17.5 Å². The van der Waals surface area contributed by atoms with Crippen molar-refractivity contribution < 1.29 is 0 Å². The van der Waals surface area contributed by atoms with Crippen LogP contribution in [0.15, 0.2) is 101 Å². The number of aryl methyl sites for hydroxylation is 2. The van der Waals surface area contributed by atoms with Gasteiger partial charge in [0.15, 0.2) is 11.3 Å². The summed E-state index contributed by atoms with van der Waals surface area (Å²) in [5.41, 5.74) is 9.62. The van der Waals surface area contributed by atoms with Crippen molar-refractivity contribution in [3.63, 3.8) is 0 Å². The fraction of sp³-hybridized carbons (Fsp3) is 0.143. The van der Waals surface area contributed by atoms with Gasteiger partial charge in [0.25, 0.3) is 0 Å². The lowest BCUT2D eigenvalue weighted by Crippen LogP contribution is -2.03. The third-order valence-corrected chi connectivity index (χ3v) is 8.68. The Morgan fingerprint density at radius 3 is 1.71 bits per heavy atom. The van der Waals surface area contributed by atoms with Crippen LogP contribution in [-0.4, -0.2) is 49.4 Å². The van der Waals surface area contributed by atoms with Crippen LogP contribution in [0.3, 0.4) is 0 Å². The Morgan fingerprint density at radius 2 is 1.22 bits per heavy atom. The van der Waals surface area contributed by atoms with Gasteiger partial charge in [-0.15, -0.1) is 0 Å². The van der Waals surface area contributed by atoms with E-state index in [1.54, 1.807) is 18.7 Å². The number of pyridine rings is 2. The molecule has 6 aromatic heterocycles. The summed E-state index contributed by atoms with van der Waals surface area (Å²) in [6, 6.07) is 20.3. The van der Waals surface area contributed by atoms with E-state index < -0.39 is 0 Å². The molecule has 0 amide bonds. The molecular weight excluding hydrogens is 748 g/mol. The fourth-order valence-electron chi connectivity index (χ4n) is 5.13. The highest BCUT2D eigenvalue weighted by Gasteiger charge is 2.09. The highest BCUT2D eigenvalue weighted by Crippen LogP contribution is 2.24. The monoisotopic (exact) mass is 778 g/mol. The molecule has 0 saturated carbocycles. The van der Waals surface area contributed by atoms with Crippen molar-refractivity contribution >= 4 is 65.6 Å². The number of fused-ring (bicyclic) bond motifs is 2. The van der Waals surface area contributed by atoms with Gasteiger partial charge in [0, 0.05) is 63.5 Å². The van der Waals surface area contributed by atoms with Crippen LogP contribution in [0.2, 0.25) is 0 Å². The standard InChI is InChI=1S/C18H17BrN6.C17H15BrN6/c1-2-16-21-10-14(23-16)9-20-13-5-3-11(4-6-13)17-24-15-7-12(19)8-22-18(15)25-17;1-24-10-19-8-14(24)9-20-13-4-2-11(3-5-13)16-22-15-6-12(18)7-21-17(15)23-16/h3-8,10,20H,2,9H2,1H3,(H,21,23)(H,22,24,25);2-8,10,20H,9H2,1H3,(H,21,22,23). The first kappa shape index (κ1) is 32.2. The molecule has 8 aromatic rings. The number of H-pyrrole nitrogens is 3. The smallest absolute Gasteiger partial charge is 0.178 e. The SMILES string of the molecule is CCc1ncc(CNc2ccc(-c3nc4ncc(Br)cc4[nH]3)cc2)[nH]1.Cn1cncc1CNc1ccc(-c2nc3ncc(Br)cc3[nH]2)cc1. The molecule has 246 valence electrons. The molecule has 0 radical (unpaired) electrons. The molecule has 0 atom stereocenters. The summed E-state index contributed by atoms with van der Waals surface area (Å²) >= 11 is 6.85. The maximum absolute atomic E-state index is 4.54. The van der Waals surface area contributed by atoms with Crippen molar-refractivity contribution in [2.45, 2.75) is 26.4 Å². The summed E-state index contributed by atoms with van der Waals surface area (Å²) in [7, 11) is 1.99. The Labute approximate surface area is 298 Å². The van der Waals surface area contributed by atoms with E-state index in [0.29, 0.717) is 11.3 Å². The van der Waals surface area contributed by atoms with E-state index in [1.165, 1.54) is 0 Å². The topological polar surface area (TPSA) is 154 Å². The largest absolute Gasteiger partial charge is 0.379 e. The molecule has 49 heavy (non-hydrogen) atoms. The van der Waals surface area contributed by atoms with Crippen LogP contribution in [0.4, 0.5) is 11.4 Å². The van der Waals surface area contributed by atoms with Crippen LogP contribution in [0.25, 0.3) is 45.1 Å². The molecule has 0 spiro atoms. The number of hydrogen-bond donors (Lipinski definition) is 5. The predicted molar refractivity (Wildman–Crippen MR) is 200 cm³/mol. The van der Waals surface area contributed by atoms with Gasteiger partial charge in [-0.05, 0) is 92.5 Å². The van der Waals surface area contributed by atoms with Crippen molar-refractivity contribution in [3.05, 3.63) is 118 Å².